The van der Waals surface area contributed by atoms with E-state index in [0.717, 1.165) is 18.7 Å². The quantitative estimate of drug-likeness (QED) is 0.910. The van der Waals surface area contributed by atoms with Crippen molar-refractivity contribution in [3.63, 3.8) is 0 Å². The van der Waals surface area contributed by atoms with Crippen LogP contribution in [0.5, 0.6) is 0 Å². The second-order valence-electron chi connectivity index (χ2n) is 4.34. The van der Waals surface area contributed by atoms with E-state index < -0.39 is 0 Å². The summed E-state index contributed by atoms with van der Waals surface area (Å²) in [5.74, 6) is 0. The minimum Gasteiger partial charge on any atom is -0.308 e. The first-order valence-electron chi connectivity index (χ1n) is 6.14. The molecule has 1 unspecified atom stereocenters. The lowest BCUT2D eigenvalue weighted by atomic mass is 10.2. The smallest absolute Gasteiger partial charge is 0.110 e. The fraction of sp³-hybridized carbons (Fsp3) is 0.462. The topological polar surface area (TPSA) is 24.9 Å². The molecule has 0 radical (unpaired) electrons. The third-order valence-electron chi connectivity index (χ3n) is 3.14. The maximum absolute atomic E-state index is 4.78. The van der Waals surface area contributed by atoms with Crippen LogP contribution in [0, 0.1) is 0 Å². The number of hydrogen-bond donors (Lipinski definition) is 1. The SMILES string of the molecule is CCc1ccc(-c2csc(C3CCCN3)n2)s1. The summed E-state index contributed by atoms with van der Waals surface area (Å²) in [7, 11) is 0. The highest BCUT2D eigenvalue weighted by atomic mass is 32.1. The summed E-state index contributed by atoms with van der Waals surface area (Å²) in [6, 6.07) is 4.91. The number of nitrogens with one attached hydrogen (secondary N) is 1. The summed E-state index contributed by atoms with van der Waals surface area (Å²) in [5.41, 5.74) is 1.16. The van der Waals surface area contributed by atoms with Gasteiger partial charge in [-0.15, -0.1) is 22.7 Å². The average molecular weight is 264 g/mol. The summed E-state index contributed by atoms with van der Waals surface area (Å²) >= 11 is 3.66. The van der Waals surface area contributed by atoms with Gasteiger partial charge in [0.15, 0.2) is 0 Å². The van der Waals surface area contributed by atoms with E-state index in [0.29, 0.717) is 6.04 Å². The molecular weight excluding hydrogens is 248 g/mol. The van der Waals surface area contributed by atoms with Crippen molar-refractivity contribution in [1.82, 2.24) is 10.3 Å². The zero-order chi connectivity index (χ0) is 11.7. The van der Waals surface area contributed by atoms with Gasteiger partial charge in [-0.3, -0.25) is 0 Å². The number of nitrogens with zero attached hydrogens (tertiary/aromatic N) is 1. The van der Waals surface area contributed by atoms with E-state index in [2.05, 4.69) is 29.8 Å². The van der Waals surface area contributed by atoms with Crippen molar-refractivity contribution in [2.45, 2.75) is 32.2 Å². The Bertz CT molecular complexity index is 495. The molecule has 1 aliphatic rings. The van der Waals surface area contributed by atoms with Crippen molar-refractivity contribution in [2.24, 2.45) is 0 Å². The first-order chi connectivity index (χ1) is 8.36. The molecule has 0 aromatic carbocycles. The van der Waals surface area contributed by atoms with Crippen LogP contribution in [0.15, 0.2) is 17.5 Å². The predicted molar refractivity (Wildman–Crippen MR) is 74.8 cm³/mol. The molecule has 0 amide bonds. The Labute approximate surface area is 110 Å². The zero-order valence-electron chi connectivity index (χ0n) is 9.90. The van der Waals surface area contributed by atoms with E-state index >= 15 is 0 Å². The summed E-state index contributed by atoms with van der Waals surface area (Å²) < 4.78 is 0. The highest BCUT2D eigenvalue weighted by molar-refractivity contribution is 7.16. The van der Waals surface area contributed by atoms with Crippen LogP contribution in [-0.2, 0) is 6.42 Å². The molecule has 0 bridgehead atoms. The normalized spacial score (nSPS) is 19.9. The molecule has 90 valence electrons. The molecule has 0 spiro atoms. The van der Waals surface area contributed by atoms with Crippen LogP contribution in [0.25, 0.3) is 10.6 Å². The summed E-state index contributed by atoms with van der Waals surface area (Å²) in [6.07, 6.45) is 3.63. The highest BCUT2D eigenvalue weighted by Crippen LogP contribution is 2.33. The molecule has 1 N–H and O–H groups in total. The standard InChI is InChI=1S/C13H16N2S2/c1-2-9-5-6-12(17-9)11-8-16-13(15-11)10-4-3-7-14-10/h5-6,8,10,14H,2-4,7H2,1H3. The molecule has 0 saturated carbocycles. The van der Waals surface area contributed by atoms with Crippen LogP contribution in [0.3, 0.4) is 0 Å². The van der Waals surface area contributed by atoms with Gasteiger partial charge in [-0.25, -0.2) is 4.98 Å². The number of hydrogen-bond acceptors (Lipinski definition) is 4. The van der Waals surface area contributed by atoms with Crippen molar-refractivity contribution >= 4 is 22.7 Å². The van der Waals surface area contributed by atoms with Crippen LogP contribution >= 0.6 is 22.7 Å². The Morgan fingerprint density at radius 1 is 1.47 bits per heavy atom. The summed E-state index contributed by atoms with van der Waals surface area (Å²) in [4.78, 5) is 7.52. The van der Waals surface area contributed by atoms with Crippen LogP contribution in [0.1, 0.15) is 35.7 Å². The van der Waals surface area contributed by atoms with E-state index in [4.69, 9.17) is 4.98 Å². The van der Waals surface area contributed by atoms with Crippen molar-refractivity contribution in [1.29, 1.82) is 0 Å². The number of aromatic nitrogens is 1. The molecular formula is C13H16N2S2. The molecule has 2 nitrogen and oxygen atoms in total. The second-order valence-corrected chi connectivity index (χ2v) is 6.40. The predicted octanol–water partition coefficient (Wildman–Crippen LogP) is 3.86. The molecule has 2 aromatic rings. The molecule has 0 aliphatic carbocycles. The van der Waals surface area contributed by atoms with Crippen LogP contribution in [0.4, 0.5) is 0 Å². The molecule has 17 heavy (non-hydrogen) atoms. The van der Waals surface area contributed by atoms with Gasteiger partial charge in [0, 0.05) is 10.3 Å². The Morgan fingerprint density at radius 3 is 3.12 bits per heavy atom. The lowest BCUT2D eigenvalue weighted by Gasteiger charge is -2.04. The summed E-state index contributed by atoms with van der Waals surface area (Å²) in [5, 5.41) is 6.95. The number of rotatable bonds is 3. The van der Waals surface area contributed by atoms with Gasteiger partial charge in [-0.05, 0) is 37.9 Å². The van der Waals surface area contributed by atoms with Gasteiger partial charge >= 0.3 is 0 Å². The Morgan fingerprint density at radius 2 is 2.41 bits per heavy atom. The third kappa shape index (κ3) is 2.30. The first-order valence-corrected chi connectivity index (χ1v) is 7.84. The lowest BCUT2D eigenvalue weighted by Crippen LogP contribution is -2.12. The van der Waals surface area contributed by atoms with Gasteiger partial charge in [0.05, 0.1) is 16.6 Å². The third-order valence-corrected chi connectivity index (χ3v) is 5.35. The zero-order valence-corrected chi connectivity index (χ0v) is 11.5. The fourth-order valence-electron chi connectivity index (χ4n) is 2.16. The maximum Gasteiger partial charge on any atom is 0.110 e. The Kier molecular flexibility index (Phi) is 3.27. The van der Waals surface area contributed by atoms with Crippen LogP contribution in [0.2, 0.25) is 0 Å². The van der Waals surface area contributed by atoms with E-state index in [9.17, 15) is 0 Å². The van der Waals surface area contributed by atoms with Crippen LogP contribution < -0.4 is 5.32 Å². The number of thiophene rings is 1. The van der Waals surface area contributed by atoms with Gasteiger partial charge < -0.3 is 5.32 Å². The molecule has 3 heterocycles. The van der Waals surface area contributed by atoms with Crippen molar-refractivity contribution in [3.8, 4) is 10.6 Å². The van der Waals surface area contributed by atoms with E-state index in [1.165, 1.54) is 27.6 Å². The highest BCUT2D eigenvalue weighted by Gasteiger charge is 2.19. The number of thiazole rings is 1. The van der Waals surface area contributed by atoms with Gasteiger partial charge in [-0.2, -0.15) is 0 Å². The van der Waals surface area contributed by atoms with E-state index in [1.807, 2.05) is 11.3 Å². The van der Waals surface area contributed by atoms with Crippen molar-refractivity contribution in [3.05, 3.63) is 27.4 Å². The van der Waals surface area contributed by atoms with E-state index in [-0.39, 0.29) is 0 Å². The molecule has 3 rings (SSSR count). The largest absolute Gasteiger partial charge is 0.308 e. The number of aryl methyl sites for hydroxylation is 1. The first kappa shape index (κ1) is 11.4. The van der Waals surface area contributed by atoms with Crippen molar-refractivity contribution < 1.29 is 0 Å². The lowest BCUT2D eigenvalue weighted by molar-refractivity contribution is 0.643. The van der Waals surface area contributed by atoms with Gasteiger partial charge in [0.2, 0.25) is 0 Å². The Balaban J connectivity index is 1.83. The van der Waals surface area contributed by atoms with Gasteiger partial charge in [0.25, 0.3) is 0 Å². The van der Waals surface area contributed by atoms with E-state index in [1.54, 1.807) is 11.3 Å². The average Bonchev–Trinajstić information content (AvgIpc) is 3.09. The monoisotopic (exact) mass is 264 g/mol. The molecule has 1 saturated heterocycles. The van der Waals surface area contributed by atoms with Crippen molar-refractivity contribution in [2.75, 3.05) is 6.54 Å². The fourth-order valence-corrected chi connectivity index (χ4v) is 4.07. The van der Waals surface area contributed by atoms with Crippen LogP contribution in [-0.4, -0.2) is 11.5 Å². The molecule has 1 aliphatic heterocycles. The molecule has 4 heteroatoms. The molecule has 1 fully saturated rings. The Hall–Kier alpha value is -0.710. The summed E-state index contributed by atoms with van der Waals surface area (Å²) in [6.45, 7) is 3.34. The maximum atomic E-state index is 4.78. The molecule has 2 aromatic heterocycles. The van der Waals surface area contributed by atoms with Gasteiger partial charge in [-0.1, -0.05) is 6.92 Å². The van der Waals surface area contributed by atoms with Gasteiger partial charge in [0.1, 0.15) is 5.01 Å². The second kappa shape index (κ2) is 4.88. The molecule has 1 atom stereocenters. The minimum atomic E-state index is 0.499. The minimum absolute atomic E-state index is 0.499.